The number of aliphatic hydroxyl groups is 1. The number of carboxylic acids is 1. The standard InChI is InChI=1S/C21H16F6N6O4/c22-11-3-1-2-10(16(11)24)7-29-15(14-4-5-37-33-14)6-13(28)18-30-8-12(23)17(32-18)31-9-20(36,19(34)35)21(25,26)27/h1-6,8,36H,7,9,28H2,(H,34,35)(H,30,31,32). The van der Waals surface area contributed by atoms with Crippen molar-refractivity contribution in [1.82, 2.24) is 15.1 Å². The number of nitrogens with one attached hydrogen (secondary N) is 1. The molecule has 0 fully saturated rings. The summed E-state index contributed by atoms with van der Waals surface area (Å²) in [6, 6.07) is 4.83. The lowest BCUT2D eigenvalue weighted by molar-refractivity contribution is -0.255. The minimum atomic E-state index is -5.60. The summed E-state index contributed by atoms with van der Waals surface area (Å²) in [5.74, 6) is -7.45. The maximum Gasteiger partial charge on any atom is 0.429 e. The van der Waals surface area contributed by atoms with Crippen LogP contribution in [0.15, 0.2) is 52.3 Å². The van der Waals surface area contributed by atoms with Crippen LogP contribution in [-0.2, 0) is 11.3 Å². The molecule has 0 bridgehead atoms. The third-order valence-electron chi connectivity index (χ3n) is 4.78. The largest absolute Gasteiger partial charge is 0.479 e. The van der Waals surface area contributed by atoms with Gasteiger partial charge in [-0.3, -0.25) is 4.99 Å². The lowest BCUT2D eigenvalue weighted by Gasteiger charge is -2.26. The maximum atomic E-state index is 14.1. The van der Waals surface area contributed by atoms with Crippen molar-refractivity contribution in [3.05, 3.63) is 77.3 Å². The number of halogens is 6. The van der Waals surface area contributed by atoms with Gasteiger partial charge in [-0.05, 0) is 12.1 Å². The monoisotopic (exact) mass is 530 g/mol. The smallest absolute Gasteiger partial charge is 0.429 e. The van der Waals surface area contributed by atoms with Gasteiger partial charge in [0, 0.05) is 11.6 Å². The van der Waals surface area contributed by atoms with Crippen LogP contribution < -0.4 is 11.1 Å². The number of benzene rings is 1. The van der Waals surface area contributed by atoms with Gasteiger partial charge in [0.15, 0.2) is 29.1 Å². The highest BCUT2D eigenvalue weighted by atomic mass is 19.4. The molecule has 16 heteroatoms. The predicted octanol–water partition coefficient (Wildman–Crippen LogP) is 2.66. The molecule has 0 radical (unpaired) electrons. The van der Waals surface area contributed by atoms with Crippen LogP contribution in [0.25, 0.3) is 5.70 Å². The molecule has 3 rings (SSSR count). The van der Waals surface area contributed by atoms with Crippen molar-refractivity contribution >= 4 is 23.2 Å². The van der Waals surface area contributed by atoms with E-state index in [1.165, 1.54) is 24.5 Å². The Morgan fingerprint density at radius 3 is 2.54 bits per heavy atom. The molecule has 3 aromatic rings. The van der Waals surface area contributed by atoms with Crippen molar-refractivity contribution in [3.8, 4) is 0 Å². The number of aromatic nitrogens is 3. The van der Waals surface area contributed by atoms with Gasteiger partial charge >= 0.3 is 12.1 Å². The van der Waals surface area contributed by atoms with Gasteiger partial charge in [-0.2, -0.15) is 13.2 Å². The molecule has 37 heavy (non-hydrogen) atoms. The van der Waals surface area contributed by atoms with Crippen LogP contribution in [0.2, 0.25) is 0 Å². The second-order valence-electron chi connectivity index (χ2n) is 7.31. The number of carboxylic acid groups (broad SMARTS) is 1. The average Bonchev–Trinajstić information content (AvgIpc) is 3.37. The Balaban J connectivity index is 1.92. The molecule has 1 atom stereocenters. The summed E-state index contributed by atoms with van der Waals surface area (Å²) < 4.78 is 85.3. The fraction of sp³-hybridized carbons (Fsp3) is 0.190. The van der Waals surface area contributed by atoms with Gasteiger partial charge in [-0.25, -0.2) is 27.9 Å². The number of carbonyl (C=O) groups is 1. The van der Waals surface area contributed by atoms with Crippen molar-refractivity contribution in [2.75, 3.05) is 11.9 Å². The number of aliphatic carboxylic acids is 1. The predicted molar refractivity (Wildman–Crippen MR) is 114 cm³/mol. The number of rotatable bonds is 9. The minimum absolute atomic E-state index is 0.0327. The van der Waals surface area contributed by atoms with Crippen molar-refractivity contribution < 1.29 is 45.9 Å². The van der Waals surface area contributed by atoms with Crippen LogP contribution in [0.3, 0.4) is 0 Å². The van der Waals surface area contributed by atoms with E-state index in [1.54, 1.807) is 5.32 Å². The lowest BCUT2D eigenvalue weighted by atomic mass is 10.0. The number of nitrogens with zero attached hydrogens (tertiary/aromatic N) is 4. The molecule has 5 N–H and O–H groups in total. The molecule has 2 heterocycles. The number of anilines is 1. The highest BCUT2D eigenvalue weighted by Gasteiger charge is 2.60. The molecular weight excluding hydrogens is 514 g/mol. The van der Waals surface area contributed by atoms with Crippen molar-refractivity contribution in [2.24, 2.45) is 10.7 Å². The van der Waals surface area contributed by atoms with Gasteiger partial charge in [-0.15, -0.1) is 0 Å². The first-order valence-corrected chi connectivity index (χ1v) is 9.98. The molecule has 196 valence electrons. The summed E-state index contributed by atoms with van der Waals surface area (Å²) in [5.41, 5.74) is 1.32. The molecule has 1 unspecified atom stereocenters. The molecule has 1 aromatic carbocycles. The molecular formula is C21H16F6N6O4. The Hall–Kier alpha value is -4.47. The summed E-state index contributed by atoms with van der Waals surface area (Å²) in [4.78, 5) is 22.3. The van der Waals surface area contributed by atoms with Crippen LogP contribution in [-0.4, -0.2) is 55.3 Å². The summed E-state index contributed by atoms with van der Waals surface area (Å²) in [7, 11) is 0. The molecule has 2 aromatic heterocycles. The van der Waals surface area contributed by atoms with E-state index in [0.717, 1.165) is 12.1 Å². The summed E-state index contributed by atoms with van der Waals surface area (Å²) in [6.07, 6.45) is -2.78. The second-order valence-corrected chi connectivity index (χ2v) is 7.31. The van der Waals surface area contributed by atoms with E-state index in [-0.39, 0.29) is 29.2 Å². The molecule has 0 saturated carbocycles. The first-order chi connectivity index (χ1) is 17.3. The molecule has 10 nitrogen and oxygen atoms in total. The van der Waals surface area contributed by atoms with E-state index in [0.29, 0.717) is 6.20 Å². The zero-order chi connectivity index (χ0) is 27.4. The average molecular weight is 530 g/mol. The van der Waals surface area contributed by atoms with Gasteiger partial charge in [0.2, 0.25) is 0 Å². The first-order valence-electron chi connectivity index (χ1n) is 9.98. The van der Waals surface area contributed by atoms with E-state index in [4.69, 9.17) is 15.4 Å². The zero-order valence-corrected chi connectivity index (χ0v) is 18.3. The van der Waals surface area contributed by atoms with Gasteiger partial charge < -0.3 is 25.8 Å². The van der Waals surface area contributed by atoms with Crippen LogP contribution in [0, 0.1) is 17.5 Å². The summed E-state index contributed by atoms with van der Waals surface area (Å²) in [5, 5.41) is 23.7. The quantitative estimate of drug-likeness (QED) is 0.241. The SMILES string of the molecule is NC(=CC(=NCc1cccc(F)c1F)c1ccon1)c1ncc(F)c(NCC(O)(C(=O)O)C(F)(F)F)n1. The van der Waals surface area contributed by atoms with E-state index < -0.39 is 53.4 Å². The minimum Gasteiger partial charge on any atom is -0.479 e. The van der Waals surface area contributed by atoms with E-state index in [9.17, 15) is 36.2 Å². The van der Waals surface area contributed by atoms with E-state index in [1.807, 2.05) is 0 Å². The van der Waals surface area contributed by atoms with Gasteiger partial charge in [0.1, 0.15) is 12.0 Å². The maximum absolute atomic E-state index is 14.1. The lowest BCUT2D eigenvalue weighted by Crippen LogP contribution is -2.56. The molecule has 0 spiro atoms. The molecule has 0 aliphatic carbocycles. The second kappa shape index (κ2) is 10.7. The van der Waals surface area contributed by atoms with Crippen molar-refractivity contribution in [3.63, 3.8) is 0 Å². The van der Waals surface area contributed by atoms with Crippen LogP contribution >= 0.6 is 0 Å². The Labute approximate surface area is 203 Å². The van der Waals surface area contributed by atoms with E-state index in [2.05, 4.69) is 20.1 Å². The molecule has 0 saturated heterocycles. The number of nitrogens with two attached hydrogens (primary N) is 1. The summed E-state index contributed by atoms with van der Waals surface area (Å²) in [6.45, 7) is -2.05. The van der Waals surface area contributed by atoms with Gasteiger partial charge in [0.25, 0.3) is 5.60 Å². The molecule has 0 amide bonds. The van der Waals surface area contributed by atoms with Gasteiger partial charge in [0.05, 0.1) is 30.7 Å². The van der Waals surface area contributed by atoms with Crippen molar-refractivity contribution in [1.29, 1.82) is 0 Å². The Morgan fingerprint density at radius 1 is 1.19 bits per heavy atom. The fourth-order valence-corrected chi connectivity index (χ4v) is 2.74. The van der Waals surface area contributed by atoms with Crippen LogP contribution in [0.1, 0.15) is 17.1 Å². The topological polar surface area (TPSA) is 160 Å². The van der Waals surface area contributed by atoms with E-state index >= 15 is 0 Å². The third-order valence-corrected chi connectivity index (χ3v) is 4.78. The summed E-state index contributed by atoms with van der Waals surface area (Å²) >= 11 is 0. The van der Waals surface area contributed by atoms with Crippen LogP contribution in [0.5, 0.6) is 0 Å². The van der Waals surface area contributed by atoms with Crippen LogP contribution in [0.4, 0.5) is 32.2 Å². The Kier molecular flexibility index (Phi) is 7.81. The van der Waals surface area contributed by atoms with Gasteiger partial charge in [-0.1, -0.05) is 17.3 Å². The van der Waals surface area contributed by atoms with Crippen molar-refractivity contribution in [2.45, 2.75) is 18.3 Å². The number of hydrogen-bond donors (Lipinski definition) is 4. The molecule has 0 aliphatic heterocycles. The fourth-order valence-electron chi connectivity index (χ4n) is 2.74. The Bertz CT molecular complexity index is 1350. The molecule has 0 aliphatic rings. The third kappa shape index (κ3) is 6.03. The first kappa shape index (κ1) is 27.1. The number of hydrogen-bond acceptors (Lipinski definition) is 9. The number of alkyl halides is 3. The highest BCUT2D eigenvalue weighted by molar-refractivity contribution is 6.10. The zero-order valence-electron chi connectivity index (χ0n) is 18.3. The normalized spacial score (nSPS) is 14.4. The number of allylic oxidation sites excluding steroid dienone is 1. The number of aliphatic imine (C=N–C) groups is 1. The Morgan fingerprint density at radius 2 is 1.92 bits per heavy atom. The highest BCUT2D eigenvalue weighted by Crippen LogP contribution is 2.31.